The average Bonchev–Trinajstić information content (AvgIpc) is 2.06. The largest absolute Gasteiger partial charge is 0.216 e. The van der Waals surface area contributed by atoms with Gasteiger partial charge in [-0.2, -0.15) is 0 Å². The molecule has 0 fully saturated rings. The van der Waals surface area contributed by atoms with E-state index in [1.54, 1.807) is 19.1 Å². The summed E-state index contributed by atoms with van der Waals surface area (Å²) < 4.78 is 34.7. The van der Waals surface area contributed by atoms with E-state index < -0.39 is 15.7 Å². The molecule has 14 heavy (non-hydrogen) atoms. The van der Waals surface area contributed by atoms with Gasteiger partial charge in [0.25, 0.3) is 0 Å². The molecule has 0 spiro atoms. The molecule has 1 aromatic carbocycles. The van der Waals surface area contributed by atoms with E-state index in [0.29, 0.717) is 5.56 Å². The number of hydrogen-bond acceptors (Lipinski definition) is 2. The van der Waals surface area contributed by atoms with Crippen LogP contribution in [-0.4, -0.2) is 14.7 Å². The van der Waals surface area contributed by atoms with Crippen LogP contribution in [-0.2, 0) is 9.84 Å². The summed E-state index contributed by atoms with van der Waals surface area (Å²) >= 11 is 0. The zero-order chi connectivity index (χ0) is 10.8. The van der Waals surface area contributed by atoms with Gasteiger partial charge in [0.1, 0.15) is 5.82 Å². The van der Waals surface area contributed by atoms with E-state index in [1.807, 2.05) is 5.25 Å². The summed E-state index contributed by atoms with van der Waals surface area (Å²) in [5.41, 5.74) is 0.556. The van der Waals surface area contributed by atoms with E-state index in [-0.39, 0.29) is 5.56 Å². The van der Waals surface area contributed by atoms with Crippen molar-refractivity contribution in [3.05, 3.63) is 35.1 Å². The van der Waals surface area contributed by atoms with Gasteiger partial charge in [0.15, 0.2) is 0 Å². The maximum Gasteiger partial charge on any atom is 0.214 e. The molecule has 0 atom stereocenters. The van der Waals surface area contributed by atoms with Crippen LogP contribution in [0.15, 0.2) is 18.2 Å². The first-order chi connectivity index (χ1) is 6.40. The Bertz CT molecular complexity index is 507. The van der Waals surface area contributed by atoms with Crippen molar-refractivity contribution in [2.24, 2.45) is 0 Å². The van der Waals surface area contributed by atoms with Gasteiger partial charge in [0.2, 0.25) is 9.84 Å². The molecule has 4 heteroatoms. The van der Waals surface area contributed by atoms with Gasteiger partial charge >= 0.3 is 0 Å². The Kier molecular flexibility index (Phi) is 2.92. The first-order valence-corrected chi connectivity index (χ1v) is 5.77. The smallest absolute Gasteiger partial charge is 0.214 e. The highest BCUT2D eigenvalue weighted by Gasteiger charge is 2.01. The molecular weight excluding hydrogens is 203 g/mol. The fourth-order valence-corrected chi connectivity index (χ4v) is 1.19. The van der Waals surface area contributed by atoms with E-state index in [2.05, 4.69) is 5.92 Å². The monoisotopic (exact) mass is 212 g/mol. The van der Waals surface area contributed by atoms with Crippen LogP contribution in [0.1, 0.15) is 11.1 Å². The minimum absolute atomic E-state index is 0.107. The summed E-state index contributed by atoms with van der Waals surface area (Å²) in [5, 5.41) is 1.99. The second-order valence-electron chi connectivity index (χ2n) is 2.94. The summed E-state index contributed by atoms with van der Waals surface area (Å²) in [6.45, 7) is 1.60. The first kappa shape index (κ1) is 10.7. The van der Waals surface area contributed by atoms with Crippen LogP contribution in [0.3, 0.4) is 0 Å². The summed E-state index contributed by atoms with van der Waals surface area (Å²) in [6.07, 6.45) is 0.980. The van der Waals surface area contributed by atoms with E-state index >= 15 is 0 Å². The van der Waals surface area contributed by atoms with Crippen LogP contribution < -0.4 is 0 Å². The number of halogens is 1. The van der Waals surface area contributed by atoms with Crippen LogP contribution in [0.5, 0.6) is 0 Å². The van der Waals surface area contributed by atoms with Gasteiger partial charge in [-0.05, 0) is 24.5 Å². The van der Waals surface area contributed by atoms with Gasteiger partial charge in [-0.1, -0.05) is 12.1 Å². The predicted octanol–water partition coefficient (Wildman–Crippen LogP) is 1.49. The quantitative estimate of drug-likeness (QED) is 0.610. The molecule has 0 aromatic heterocycles. The standard InChI is InChI=1S/C10H9FO2S/c1-8-4-3-5-9(10(8)11)6-7-14(2,12)13/h3-5H,1-2H3. The molecule has 0 heterocycles. The highest BCUT2D eigenvalue weighted by Crippen LogP contribution is 2.10. The van der Waals surface area contributed by atoms with Crippen molar-refractivity contribution in [3.8, 4) is 11.2 Å². The Morgan fingerprint density at radius 3 is 2.57 bits per heavy atom. The predicted molar refractivity (Wildman–Crippen MR) is 52.9 cm³/mol. The molecular formula is C10H9FO2S. The van der Waals surface area contributed by atoms with Crippen molar-refractivity contribution >= 4 is 9.84 Å². The SMILES string of the molecule is Cc1cccc(C#CS(C)(=O)=O)c1F. The van der Waals surface area contributed by atoms with Crippen LogP contribution in [0, 0.1) is 23.9 Å². The Labute approximate surface area is 82.7 Å². The molecule has 0 radical (unpaired) electrons. The topological polar surface area (TPSA) is 34.1 Å². The fraction of sp³-hybridized carbons (Fsp3) is 0.200. The maximum atomic E-state index is 13.3. The minimum atomic E-state index is -3.38. The van der Waals surface area contributed by atoms with Crippen LogP contribution in [0.25, 0.3) is 0 Å². The summed E-state index contributed by atoms with van der Waals surface area (Å²) in [7, 11) is -3.38. The average molecular weight is 212 g/mol. The zero-order valence-corrected chi connectivity index (χ0v) is 8.65. The zero-order valence-electron chi connectivity index (χ0n) is 7.83. The molecule has 0 aliphatic carbocycles. The number of rotatable bonds is 0. The van der Waals surface area contributed by atoms with E-state index in [1.165, 1.54) is 6.07 Å². The second-order valence-corrected chi connectivity index (χ2v) is 4.68. The lowest BCUT2D eigenvalue weighted by atomic mass is 10.1. The Morgan fingerprint density at radius 2 is 2.00 bits per heavy atom. The lowest BCUT2D eigenvalue weighted by Gasteiger charge is -1.96. The second kappa shape index (κ2) is 3.81. The van der Waals surface area contributed by atoms with Gasteiger partial charge in [-0.25, -0.2) is 12.8 Å². The summed E-state index contributed by atoms with van der Waals surface area (Å²) in [6, 6.07) is 4.67. The molecule has 2 nitrogen and oxygen atoms in total. The highest BCUT2D eigenvalue weighted by molar-refractivity contribution is 7.95. The molecule has 0 unspecified atom stereocenters. The lowest BCUT2D eigenvalue weighted by molar-refractivity contribution is 0.611. The van der Waals surface area contributed by atoms with Gasteiger partial charge in [0.05, 0.1) is 11.8 Å². The number of hydrogen-bond donors (Lipinski definition) is 0. The molecule has 1 aromatic rings. The number of sulfone groups is 1. The first-order valence-electron chi connectivity index (χ1n) is 3.88. The molecule has 1 rings (SSSR count). The third-order valence-electron chi connectivity index (χ3n) is 1.56. The molecule has 74 valence electrons. The third kappa shape index (κ3) is 2.86. The van der Waals surface area contributed by atoms with E-state index in [4.69, 9.17) is 0 Å². The molecule has 0 aliphatic heterocycles. The van der Waals surface area contributed by atoms with E-state index in [9.17, 15) is 12.8 Å². The number of aryl methyl sites for hydroxylation is 1. The van der Waals surface area contributed by atoms with Crippen LogP contribution >= 0.6 is 0 Å². The number of benzene rings is 1. The van der Waals surface area contributed by atoms with Crippen molar-refractivity contribution in [2.45, 2.75) is 6.92 Å². The normalized spacial score (nSPS) is 10.5. The van der Waals surface area contributed by atoms with Gasteiger partial charge in [-0.3, -0.25) is 0 Å². The Balaban J connectivity index is 3.21. The lowest BCUT2D eigenvalue weighted by Crippen LogP contribution is -1.91. The summed E-state index contributed by atoms with van der Waals surface area (Å²) in [4.78, 5) is 0. The van der Waals surface area contributed by atoms with Gasteiger partial charge in [-0.15, -0.1) is 0 Å². The van der Waals surface area contributed by atoms with Crippen molar-refractivity contribution in [3.63, 3.8) is 0 Å². The molecule has 0 bridgehead atoms. The molecule has 0 N–H and O–H groups in total. The summed E-state index contributed by atoms with van der Waals surface area (Å²) in [5.74, 6) is 1.81. The molecule has 0 aliphatic rings. The Hall–Kier alpha value is -1.34. The highest BCUT2D eigenvalue weighted by atomic mass is 32.2. The van der Waals surface area contributed by atoms with Crippen molar-refractivity contribution in [2.75, 3.05) is 6.26 Å². The van der Waals surface area contributed by atoms with Gasteiger partial charge in [0, 0.05) is 5.25 Å². The molecule has 0 amide bonds. The third-order valence-corrected chi connectivity index (χ3v) is 2.04. The van der Waals surface area contributed by atoms with Crippen molar-refractivity contribution in [1.29, 1.82) is 0 Å². The minimum Gasteiger partial charge on any atom is -0.216 e. The van der Waals surface area contributed by atoms with Crippen molar-refractivity contribution < 1.29 is 12.8 Å². The van der Waals surface area contributed by atoms with Gasteiger partial charge < -0.3 is 0 Å². The van der Waals surface area contributed by atoms with Crippen LogP contribution in [0.4, 0.5) is 4.39 Å². The van der Waals surface area contributed by atoms with Crippen molar-refractivity contribution in [1.82, 2.24) is 0 Å². The molecule has 0 saturated carbocycles. The molecule has 0 saturated heterocycles. The fourth-order valence-electron chi connectivity index (χ4n) is 0.892. The van der Waals surface area contributed by atoms with Crippen LogP contribution in [0.2, 0.25) is 0 Å². The van der Waals surface area contributed by atoms with E-state index in [0.717, 1.165) is 6.26 Å². The Morgan fingerprint density at radius 1 is 1.36 bits per heavy atom. The maximum absolute atomic E-state index is 13.3.